The summed E-state index contributed by atoms with van der Waals surface area (Å²) in [6.45, 7) is 3.87. The van der Waals surface area contributed by atoms with Gasteiger partial charge in [0.1, 0.15) is 0 Å². The standard InChI is InChI=1S/C12H21NO4/c1-3-17-11(14)9-10(2)12(13(15)16)7-5-4-6-8-12/h10H,3-9H2,1-2H3. The van der Waals surface area contributed by atoms with Gasteiger partial charge in [0.25, 0.3) is 0 Å². The predicted molar refractivity (Wildman–Crippen MR) is 63.2 cm³/mol. The second-order valence-corrected chi connectivity index (χ2v) is 4.83. The fraction of sp³-hybridized carbons (Fsp3) is 0.917. The maximum absolute atomic E-state index is 11.4. The number of nitrogens with zero attached hydrogens (tertiary/aromatic N) is 1. The zero-order chi connectivity index (χ0) is 12.9. The molecule has 1 atom stereocenters. The third-order valence-electron chi connectivity index (χ3n) is 3.78. The SMILES string of the molecule is CCOC(=O)CC(C)C1([N+](=O)[O-])CCCCC1. The molecule has 0 aliphatic heterocycles. The van der Waals surface area contributed by atoms with Gasteiger partial charge < -0.3 is 4.74 Å². The average Bonchev–Trinajstić information content (AvgIpc) is 2.29. The van der Waals surface area contributed by atoms with Crippen LogP contribution in [0, 0.1) is 16.0 Å². The Kier molecular flexibility index (Phi) is 4.90. The Hall–Kier alpha value is -1.13. The minimum Gasteiger partial charge on any atom is -0.466 e. The molecule has 0 heterocycles. The van der Waals surface area contributed by atoms with Gasteiger partial charge in [0.05, 0.1) is 13.0 Å². The van der Waals surface area contributed by atoms with Crippen LogP contribution in [0.4, 0.5) is 0 Å². The summed E-state index contributed by atoms with van der Waals surface area (Å²) in [6.07, 6.45) is 4.14. The molecule has 0 bridgehead atoms. The highest BCUT2D eigenvalue weighted by molar-refractivity contribution is 5.69. The first-order chi connectivity index (χ1) is 8.03. The van der Waals surface area contributed by atoms with E-state index < -0.39 is 5.54 Å². The first kappa shape index (κ1) is 13.9. The Morgan fingerprint density at radius 3 is 2.47 bits per heavy atom. The van der Waals surface area contributed by atoms with Gasteiger partial charge in [-0.3, -0.25) is 14.9 Å². The molecule has 1 aliphatic carbocycles. The van der Waals surface area contributed by atoms with E-state index in [1.165, 1.54) is 0 Å². The van der Waals surface area contributed by atoms with Gasteiger partial charge in [-0.25, -0.2) is 0 Å². The second kappa shape index (κ2) is 5.98. The van der Waals surface area contributed by atoms with Gasteiger partial charge in [-0.2, -0.15) is 0 Å². The highest BCUT2D eigenvalue weighted by atomic mass is 16.6. The van der Waals surface area contributed by atoms with E-state index >= 15 is 0 Å². The number of carbonyl (C=O) groups is 1. The van der Waals surface area contributed by atoms with Crippen molar-refractivity contribution in [3.63, 3.8) is 0 Å². The number of nitro groups is 1. The highest BCUT2D eigenvalue weighted by Gasteiger charge is 2.49. The fourth-order valence-corrected chi connectivity index (χ4v) is 2.68. The van der Waals surface area contributed by atoms with E-state index in [0.29, 0.717) is 19.4 Å². The van der Waals surface area contributed by atoms with Crippen LogP contribution in [0.1, 0.15) is 52.4 Å². The van der Waals surface area contributed by atoms with Gasteiger partial charge in [0, 0.05) is 23.7 Å². The topological polar surface area (TPSA) is 69.4 Å². The van der Waals surface area contributed by atoms with Crippen LogP contribution in [0.25, 0.3) is 0 Å². The Morgan fingerprint density at radius 2 is 2.00 bits per heavy atom. The van der Waals surface area contributed by atoms with E-state index in [9.17, 15) is 14.9 Å². The summed E-state index contributed by atoms with van der Waals surface area (Å²) in [5.41, 5.74) is -0.912. The van der Waals surface area contributed by atoms with Crippen LogP contribution in [-0.4, -0.2) is 23.0 Å². The van der Waals surface area contributed by atoms with Crippen LogP contribution in [0.5, 0.6) is 0 Å². The van der Waals surface area contributed by atoms with Gasteiger partial charge in [-0.1, -0.05) is 13.3 Å². The summed E-state index contributed by atoms with van der Waals surface area (Å²) in [4.78, 5) is 22.6. The van der Waals surface area contributed by atoms with E-state index in [-0.39, 0.29) is 23.2 Å². The van der Waals surface area contributed by atoms with Crippen molar-refractivity contribution in [2.24, 2.45) is 5.92 Å². The van der Waals surface area contributed by atoms with Crippen molar-refractivity contribution >= 4 is 5.97 Å². The number of hydrogen-bond donors (Lipinski definition) is 0. The smallest absolute Gasteiger partial charge is 0.306 e. The predicted octanol–water partition coefficient (Wildman–Crippen LogP) is 2.56. The molecule has 0 N–H and O–H groups in total. The molecule has 0 aromatic carbocycles. The number of esters is 1. The molecular formula is C12H21NO4. The van der Waals surface area contributed by atoms with E-state index in [1.54, 1.807) is 13.8 Å². The van der Waals surface area contributed by atoms with Crippen LogP contribution in [-0.2, 0) is 9.53 Å². The highest BCUT2D eigenvalue weighted by Crippen LogP contribution is 2.38. The summed E-state index contributed by atoms with van der Waals surface area (Å²) < 4.78 is 4.87. The van der Waals surface area contributed by atoms with Gasteiger partial charge >= 0.3 is 5.97 Å². The average molecular weight is 243 g/mol. The summed E-state index contributed by atoms with van der Waals surface area (Å²) in [5.74, 6) is -0.580. The molecule has 0 aromatic heterocycles. The molecule has 5 heteroatoms. The molecule has 0 amide bonds. The molecule has 1 saturated carbocycles. The largest absolute Gasteiger partial charge is 0.466 e. The molecule has 1 aliphatic rings. The monoisotopic (exact) mass is 243 g/mol. The zero-order valence-electron chi connectivity index (χ0n) is 10.6. The van der Waals surface area contributed by atoms with Crippen molar-refractivity contribution in [2.45, 2.75) is 57.9 Å². The van der Waals surface area contributed by atoms with Crippen molar-refractivity contribution in [1.29, 1.82) is 0 Å². The molecule has 1 rings (SSSR count). The van der Waals surface area contributed by atoms with E-state index in [1.807, 2.05) is 0 Å². The fourth-order valence-electron chi connectivity index (χ4n) is 2.68. The van der Waals surface area contributed by atoms with Crippen LogP contribution in [0.3, 0.4) is 0 Å². The number of carbonyl (C=O) groups excluding carboxylic acids is 1. The molecule has 0 radical (unpaired) electrons. The molecule has 5 nitrogen and oxygen atoms in total. The first-order valence-electron chi connectivity index (χ1n) is 6.33. The molecule has 98 valence electrons. The normalized spacial score (nSPS) is 20.6. The van der Waals surface area contributed by atoms with Crippen molar-refractivity contribution in [2.75, 3.05) is 6.61 Å². The Balaban J connectivity index is 2.70. The first-order valence-corrected chi connectivity index (χ1v) is 6.33. The number of hydrogen-bond acceptors (Lipinski definition) is 4. The summed E-state index contributed by atoms with van der Waals surface area (Å²) in [5, 5.41) is 11.3. The van der Waals surface area contributed by atoms with Crippen molar-refractivity contribution in [3.05, 3.63) is 10.1 Å². The molecule has 0 spiro atoms. The van der Waals surface area contributed by atoms with Crippen molar-refractivity contribution < 1.29 is 14.5 Å². The van der Waals surface area contributed by atoms with Gasteiger partial charge in [0.15, 0.2) is 0 Å². The van der Waals surface area contributed by atoms with Crippen LogP contribution in [0.2, 0.25) is 0 Å². The van der Waals surface area contributed by atoms with E-state index in [0.717, 1.165) is 19.3 Å². The molecule has 0 aromatic rings. The molecular weight excluding hydrogens is 222 g/mol. The molecule has 1 fully saturated rings. The Labute approximate surface area is 102 Å². The van der Waals surface area contributed by atoms with Crippen LogP contribution in [0.15, 0.2) is 0 Å². The van der Waals surface area contributed by atoms with Gasteiger partial charge in [-0.05, 0) is 19.8 Å². The van der Waals surface area contributed by atoms with E-state index in [4.69, 9.17) is 4.74 Å². The molecule has 0 saturated heterocycles. The summed E-state index contributed by atoms with van der Waals surface area (Å²) in [6, 6.07) is 0. The van der Waals surface area contributed by atoms with Crippen molar-refractivity contribution in [1.82, 2.24) is 0 Å². The minimum absolute atomic E-state index is 0.148. The van der Waals surface area contributed by atoms with Crippen LogP contribution >= 0.6 is 0 Å². The van der Waals surface area contributed by atoms with Gasteiger partial charge in [-0.15, -0.1) is 0 Å². The zero-order valence-corrected chi connectivity index (χ0v) is 10.6. The molecule has 17 heavy (non-hydrogen) atoms. The van der Waals surface area contributed by atoms with Crippen LogP contribution < -0.4 is 0 Å². The lowest BCUT2D eigenvalue weighted by atomic mass is 9.73. The Bertz CT molecular complexity index is 284. The van der Waals surface area contributed by atoms with Crippen molar-refractivity contribution in [3.8, 4) is 0 Å². The third kappa shape index (κ3) is 3.17. The summed E-state index contributed by atoms with van der Waals surface area (Å²) in [7, 11) is 0. The van der Waals surface area contributed by atoms with Gasteiger partial charge in [0.2, 0.25) is 5.54 Å². The number of ether oxygens (including phenoxy) is 1. The summed E-state index contributed by atoms with van der Waals surface area (Å²) >= 11 is 0. The lowest BCUT2D eigenvalue weighted by Gasteiger charge is -2.33. The minimum atomic E-state index is -0.912. The number of rotatable bonds is 5. The lowest BCUT2D eigenvalue weighted by Crippen LogP contribution is -2.47. The van der Waals surface area contributed by atoms with E-state index in [2.05, 4.69) is 0 Å². The third-order valence-corrected chi connectivity index (χ3v) is 3.78. The lowest BCUT2D eigenvalue weighted by molar-refractivity contribution is -0.585. The maximum Gasteiger partial charge on any atom is 0.306 e. The Morgan fingerprint density at radius 1 is 1.41 bits per heavy atom. The second-order valence-electron chi connectivity index (χ2n) is 4.83. The quantitative estimate of drug-likeness (QED) is 0.422. The molecule has 1 unspecified atom stereocenters. The maximum atomic E-state index is 11.4.